The average molecular weight is 241 g/mol. The molecule has 0 amide bonds. The van der Waals surface area contributed by atoms with E-state index in [0.29, 0.717) is 0 Å². The summed E-state index contributed by atoms with van der Waals surface area (Å²) in [5.41, 5.74) is 1.47. The maximum Gasteiger partial charge on any atom is 0.193 e. The largest absolute Gasteiger partial charge is 0.320 e. The number of hydrogen-bond donors (Lipinski definition) is 1. The minimum atomic E-state index is 0.0752. The van der Waals surface area contributed by atoms with Crippen molar-refractivity contribution in [1.29, 1.82) is 0 Å². The van der Waals surface area contributed by atoms with Crippen LogP contribution in [0.5, 0.6) is 0 Å². The molecule has 2 aromatic rings. The zero-order valence-electron chi connectivity index (χ0n) is 10.9. The summed E-state index contributed by atoms with van der Waals surface area (Å²) < 4.78 is 0. The van der Waals surface area contributed by atoms with Crippen molar-refractivity contribution in [1.82, 2.24) is 5.32 Å². The molecule has 18 heavy (non-hydrogen) atoms. The van der Waals surface area contributed by atoms with Gasteiger partial charge in [-0.05, 0) is 13.6 Å². The van der Waals surface area contributed by atoms with E-state index in [1.165, 1.54) is 0 Å². The van der Waals surface area contributed by atoms with Crippen LogP contribution in [0.4, 0.5) is 0 Å². The van der Waals surface area contributed by atoms with Crippen LogP contribution in [0.1, 0.15) is 22.8 Å². The molecule has 0 aliphatic rings. The summed E-state index contributed by atoms with van der Waals surface area (Å²) in [6, 6.07) is 18.6. The number of benzene rings is 2. The van der Waals surface area contributed by atoms with Gasteiger partial charge in [-0.1, -0.05) is 67.6 Å². The van der Waals surface area contributed by atoms with E-state index in [0.717, 1.165) is 17.7 Å². The molecule has 0 saturated heterocycles. The summed E-state index contributed by atoms with van der Waals surface area (Å²) in [5.74, 6) is 0.0752. The molecule has 0 bridgehead atoms. The summed E-state index contributed by atoms with van der Waals surface area (Å²) in [6.45, 7) is 3.14. The van der Waals surface area contributed by atoms with Crippen LogP contribution in [0.15, 0.2) is 60.7 Å². The SMILES string of the molecule is CCNC.O=C(c1ccccc1)c1ccccc1. The van der Waals surface area contributed by atoms with Crippen LogP contribution >= 0.6 is 0 Å². The summed E-state index contributed by atoms with van der Waals surface area (Å²) in [5, 5.41) is 2.93. The van der Waals surface area contributed by atoms with Gasteiger partial charge in [0.15, 0.2) is 5.78 Å². The Hall–Kier alpha value is -1.93. The zero-order valence-corrected chi connectivity index (χ0v) is 10.9. The van der Waals surface area contributed by atoms with E-state index in [1.54, 1.807) is 0 Å². The van der Waals surface area contributed by atoms with E-state index in [9.17, 15) is 4.79 Å². The first-order valence-electron chi connectivity index (χ1n) is 6.09. The van der Waals surface area contributed by atoms with Crippen LogP contribution in [-0.2, 0) is 0 Å². The lowest BCUT2D eigenvalue weighted by molar-refractivity contribution is 0.103. The molecule has 2 heteroatoms. The Balaban J connectivity index is 0.000000357. The lowest BCUT2D eigenvalue weighted by Crippen LogP contribution is -2.01. The van der Waals surface area contributed by atoms with Crippen LogP contribution in [0, 0.1) is 0 Å². The summed E-state index contributed by atoms with van der Waals surface area (Å²) in [7, 11) is 1.93. The average Bonchev–Trinajstić information content (AvgIpc) is 2.48. The second kappa shape index (κ2) is 8.20. The van der Waals surface area contributed by atoms with Gasteiger partial charge in [-0.2, -0.15) is 0 Å². The number of nitrogens with one attached hydrogen (secondary N) is 1. The van der Waals surface area contributed by atoms with Crippen molar-refractivity contribution < 1.29 is 4.79 Å². The van der Waals surface area contributed by atoms with Crippen LogP contribution < -0.4 is 5.32 Å². The topological polar surface area (TPSA) is 29.1 Å². The number of carbonyl (C=O) groups is 1. The molecule has 94 valence electrons. The van der Waals surface area contributed by atoms with E-state index < -0.39 is 0 Å². The highest BCUT2D eigenvalue weighted by Crippen LogP contribution is 2.08. The van der Waals surface area contributed by atoms with Gasteiger partial charge in [0, 0.05) is 11.1 Å². The molecule has 0 aliphatic carbocycles. The highest BCUT2D eigenvalue weighted by Gasteiger charge is 2.06. The van der Waals surface area contributed by atoms with E-state index in [1.807, 2.05) is 67.7 Å². The fourth-order valence-corrected chi connectivity index (χ4v) is 1.35. The summed E-state index contributed by atoms with van der Waals surface area (Å²) in [6.07, 6.45) is 0. The molecule has 2 rings (SSSR count). The number of rotatable bonds is 3. The van der Waals surface area contributed by atoms with Gasteiger partial charge in [-0.3, -0.25) is 4.79 Å². The molecule has 0 radical (unpaired) electrons. The Bertz CT molecular complexity index is 408. The fourth-order valence-electron chi connectivity index (χ4n) is 1.35. The summed E-state index contributed by atoms with van der Waals surface area (Å²) in [4.78, 5) is 11.8. The minimum Gasteiger partial charge on any atom is -0.320 e. The van der Waals surface area contributed by atoms with Crippen LogP contribution in [0.25, 0.3) is 0 Å². The van der Waals surface area contributed by atoms with Crippen LogP contribution in [-0.4, -0.2) is 19.4 Å². The van der Waals surface area contributed by atoms with Gasteiger partial charge in [0.1, 0.15) is 0 Å². The Morgan fingerprint density at radius 3 is 1.50 bits per heavy atom. The predicted octanol–water partition coefficient (Wildman–Crippen LogP) is 3.14. The van der Waals surface area contributed by atoms with Gasteiger partial charge >= 0.3 is 0 Å². The molecule has 0 atom stereocenters. The predicted molar refractivity (Wildman–Crippen MR) is 75.9 cm³/mol. The molecule has 0 saturated carbocycles. The molecule has 0 fully saturated rings. The second-order valence-corrected chi connectivity index (χ2v) is 3.77. The standard InChI is InChI=1S/C13H10O.C3H9N/c14-13(11-7-3-1-4-8-11)12-9-5-2-6-10-12;1-3-4-2/h1-10H;4H,3H2,1-2H3. The van der Waals surface area contributed by atoms with E-state index in [4.69, 9.17) is 0 Å². The highest BCUT2D eigenvalue weighted by molar-refractivity contribution is 6.08. The van der Waals surface area contributed by atoms with Crippen molar-refractivity contribution in [3.05, 3.63) is 71.8 Å². The Morgan fingerprint density at radius 1 is 0.889 bits per heavy atom. The van der Waals surface area contributed by atoms with Gasteiger partial charge in [-0.15, -0.1) is 0 Å². The van der Waals surface area contributed by atoms with E-state index in [-0.39, 0.29) is 5.78 Å². The molecule has 0 spiro atoms. The number of ketones is 1. The number of carbonyl (C=O) groups excluding carboxylic acids is 1. The van der Waals surface area contributed by atoms with E-state index >= 15 is 0 Å². The van der Waals surface area contributed by atoms with Gasteiger partial charge < -0.3 is 5.32 Å². The molecule has 0 aliphatic heterocycles. The molecule has 2 nitrogen and oxygen atoms in total. The first kappa shape index (κ1) is 14.1. The van der Waals surface area contributed by atoms with Crippen LogP contribution in [0.3, 0.4) is 0 Å². The van der Waals surface area contributed by atoms with Crippen molar-refractivity contribution in [3.8, 4) is 0 Å². The van der Waals surface area contributed by atoms with Crippen molar-refractivity contribution in [2.75, 3.05) is 13.6 Å². The van der Waals surface area contributed by atoms with Crippen LogP contribution in [0.2, 0.25) is 0 Å². The maximum absolute atomic E-state index is 11.8. The van der Waals surface area contributed by atoms with Gasteiger partial charge in [0.25, 0.3) is 0 Å². The van der Waals surface area contributed by atoms with Gasteiger partial charge in [0.2, 0.25) is 0 Å². The lowest BCUT2D eigenvalue weighted by Gasteiger charge is -1.99. The third kappa shape index (κ3) is 4.52. The molecule has 0 heterocycles. The maximum atomic E-state index is 11.8. The third-order valence-corrected chi connectivity index (χ3v) is 2.43. The smallest absolute Gasteiger partial charge is 0.193 e. The minimum absolute atomic E-state index is 0.0752. The molecular weight excluding hydrogens is 222 g/mol. The normalized spacial score (nSPS) is 9.22. The zero-order chi connectivity index (χ0) is 13.2. The number of hydrogen-bond acceptors (Lipinski definition) is 2. The Labute approximate surface area is 109 Å². The molecule has 0 unspecified atom stereocenters. The summed E-state index contributed by atoms with van der Waals surface area (Å²) >= 11 is 0. The molecule has 1 N–H and O–H groups in total. The van der Waals surface area contributed by atoms with Crippen molar-refractivity contribution in [2.45, 2.75) is 6.92 Å². The molecular formula is C16H19NO. The van der Waals surface area contributed by atoms with Crippen molar-refractivity contribution in [2.24, 2.45) is 0 Å². The van der Waals surface area contributed by atoms with Gasteiger partial charge in [0.05, 0.1) is 0 Å². The molecule has 0 aromatic heterocycles. The monoisotopic (exact) mass is 241 g/mol. The Morgan fingerprint density at radius 2 is 1.22 bits per heavy atom. The van der Waals surface area contributed by atoms with Gasteiger partial charge in [-0.25, -0.2) is 0 Å². The van der Waals surface area contributed by atoms with E-state index in [2.05, 4.69) is 12.2 Å². The van der Waals surface area contributed by atoms with Crippen molar-refractivity contribution >= 4 is 5.78 Å². The van der Waals surface area contributed by atoms with Crippen molar-refractivity contribution in [3.63, 3.8) is 0 Å². The quantitative estimate of drug-likeness (QED) is 0.836. The third-order valence-electron chi connectivity index (χ3n) is 2.43. The second-order valence-electron chi connectivity index (χ2n) is 3.77. The Kier molecular flexibility index (Phi) is 6.44. The first-order chi connectivity index (χ1) is 8.79. The molecule has 2 aromatic carbocycles. The first-order valence-corrected chi connectivity index (χ1v) is 6.09. The fraction of sp³-hybridized carbons (Fsp3) is 0.188. The highest BCUT2D eigenvalue weighted by atomic mass is 16.1. The lowest BCUT2D eigenvalue weighted by atomic mass is 10.0.